The van der Waals surface area contributed by atoms with Gasteiger partial charge in [0.1, 0.15) is 0 Å². The maximum absolute atomic E-state index is 12.4. The van der Waals surface area contributed by atoms with Gasteiger partial charge in [0.2, 0.25) is 0 Å². The Labute approximate surface area is 164 Å². The minimum absolute atomic E-state index is 0.0326. The summed E-state index contributed by atoms with van der Waals surface area (Å²) in [6, 6.07) is 13.3. The zero-order valence-electron chi connectivity index (χ0n) is 17.6. The van der Waals surface area contributed by atoms with Gasteiger partial charge in [-0.1, -0.05) is 77.4 Å². The molecule has 148 valence electrons. The quantitative estimate of drug-likeness (QED) is 0.632. The molecule has 2 rings (SSSR count). The predicted molar refractivity (Wildman–Crippen MR) is 112 cm³/mol. The molecule has 0 aliphatic carbocycles. The Morgan fingerprint density at radius 2 is 1.30 bits per heavy atom. The molecule has 0 radical (unpaired) electrons. The molecule has 0 saturated carbocycles. The number of rotatable bonds is 5. The van der Waals surface area contributed by atoms with Gasteiger partial charge in [0.15, 0.2) is 0 Å². The Morgan fingerprint density at radius 3 is 1.74 bits per heavy atom. The molecule has 0 N–H and O–H groups in total. The molecule has 0 aliphatic rings. The Morgan fingerprint density at radius 1 is 0.815 bits per heavy atom. The summed E-state index contributed by atoms with van der Waals surface area (Å²) < 4.78 is 30.0. The third-order valence-corrected chi connectivity index (χ3v) is 5.99. The van der Waals surface area contributed by atoms with E-state index in [1.807, 2.05) is 6.92 Å². The third-order valence-electron chi connectivity index (χ3n) is 4.66. The van der Waals surface area contributed by atoms with Crippen LogP contribution < -0.4 is 0 Å². The van der Waals surface area contributed by atoms with Crippen molar-refractivity contribution in [3.05, 3.63) is 64.7 Å². The van der Waals surface area contributed by atoms with E-state index in [1.54, 1.807) is 24.3 Å². The standard InChI is InChI=1S/C23H32O3S/c1-17-8-10-21(11-9-17)27(24,25)26-13-12-18-14-19(22(2,3)4)16-20(15-18)23(5,6)7/h8-11,14-16H,12-13H2,1-7H3. The van der Waals surface area contributed by atoms with Crippen molar-refractivity contribution in [3.63, 3.8) is 0 Å². The molecule has 0 aromatic heterocycles. The number of hydrogen-bond acceptors (Lipinski definition) is 3. The first-order valence-electron chi connectivity index (χ1n) is 9.40. The lowest BCUT2D eigenvalue weighted by Crippen LogP contribution is -2.17. The summed E-state index contributed by atoms with van der Waals surface area (Å²) in [6.07, 6.45) is 0.554. The van der Waals surface area contributed by atoms with E-state index in [1.165, 1.54) is 11.1 Å². The Hall–Kier alpha value is -1.65. The lowest BCUT2D eigenvalue weighted by Gasteiger charge is -2.26. The summed E-state index contributed by atoms with van der Waals surface area (Å²) in [5, 5.41) is 0. The first-order valence-corrected chi connectivity index (χ1v) is 10.8. The van der Waals surface area contributed by atoms with E-state index in [2.05, 4.69) is 59.7 Å². The van der Waals surface area contributed by atoms with Gasteiger partial charge in [-0.05, 0) is 53.0 Å². The van der Waals surface area contributed by atoms with Crippen molar-refractivity contribution in [3.8, 4) is 0 Å². The van der Waals surface area contributed by atoms with Crippen molar-refractivity contribution in [2.45, 2.75) is 70.6 Å². The first-order chi connectivity index (χ1) is 12.3. The van der Waals surface area contributed by atoms with Gasteiger partial charge in [-0.2, -0.15) is 8.42 Å². The summed E-state index contributed by atoms with van der Waals surface area (Å²) in [4.78, 5) is 0.201. The van der Waals surface area contributed by atoms with E-state index in [-0.39, 0.29) is 22.3 Å². The van der Waals surface area contributed by atoms with Crippen LogP contribution in [0.5, 0.6) is 0 Å². The maximum atomic E-state index is 12.4. The molecule has 4 heteroatoms. The summed E-state index contributed by atoms with van der Waals surface area (Å²) in [5.74, 6) is 0. The van der Waals surface area contributed by atoms with Gasteiger partial charge in [-0.15, -0.1) is 0 Å². The van der Waals surface area contributed by atoms with Crippen molar-refractivity contribution in [1.82, 2.24) is 0 Å². The van der Waals surface area contributed by atoms with Crippen LogP contribution in [0.15, 0.2) is 47.4 Å². The SMILES string of the molecule is Cc1ccc(S(=O)(=O)OCCc2cc(C(C)(C)C)cc(C(C)(C)C)c2)cc1. The molecule has 0 fully saturated rings. The molecule has 0 saturated heterocycles. The van der Waals surface area contributed by atoms with Crippen LogP contribution in [0.3, 0.4) is 0 Å². The third kappa shape index (κ3) is 5.91. The molecule has 0 amide bonds. The molecular weight excluding hydrogens is 356 g/mol. The van der Waals surface area contributed by atoms with Crippen LogP contribution >= 0.6 is 0 Å². The minimum Gasteiger partial charge on any atom is -0.266 e. The van der Waals surface area contributed by atoms with Crippen LogP contribution in [-0.4, -0.2) is 15.0 Å². The van der Waals surface area contributed by atoms with Crippen LogP contribution in [0, 0.1) is 6.92 Å². The van der Waals surface area contributed by atoms with E-state index < -0.39 is 10.1 Å². The summed E-state index contributed by atoms with van der Waals surface area (Å²) in [7, 11) is -3.72. The maximum Gasteiger partial charge on any atom is 0.296 e. The topological polar surface area (TPSA) is 43.4 Å². The number of hydrogen-bond donors (Lipinski definition) is 0. The van der Waals surface area contributed by atoms with Gasteiger partial charge in [-0.25, -0.2) is 0 Å². The second-order valence-corrected chi connectivity index (χ2v) is 10.9. The molecular formula is C23H32O3S. The Kier molecular flexibility index (Phi) is 6.23. The summed E-state index contributed by atoms with van der Waals surface area (Å²) in [5.41, 5.74) is 4.70. The molecule has 3 nitrogen and oxygen atoms in total. The van der Waals surface area contributed by atoms with Crippen molar-refractivity contribution in [2.24, 2.45) is 0 Å². The molecule has 0 bridgehead atoms. The second-order valence-electron chi connectivity index (χ2n) is 9.26. The monoisotopic (exact) mass is 388 g/mol. The highest BCUT2D eigenvalue weighted by atomic mass is 32.2. The zero-order chi connectivity index (χ0) is 20.5. The van der Waals surface area contributed by atoms with Crippen molar-refractivity contribution in [2.75, 3.05) is 6.61 Å². The van der Waals surface area contributed by atoms with Gasteiger partial charge in [0, 0.05) is 0 Å². The van der Waals surface area contributed by atoms with Crippen LogP contribution in [-0.2, 0) is 31.6 Å². The lowest BCUT2D eigenvalue weighted by molar-refractivity contribution is 0.322. The van der Waals surface area contributed by atoms with Crippen molar-refractivity contribution in [1.29, 1.82) is 0 Å². The highest BCUT2D eigenvalue weighted by Gasteiger charge is 2.21. The van der Waals surface area contributed by atoms with Gasteiger partial charge in [0.25, 0.3) is 10.1 Å². The van der Waals surface area contributed by atoms with Crippen LogP contribution in [0.25, 0.3) is 0 Å². The molecule has 0 heterocycles. The predicted octanol–water partition coefficient (Wildman–Crippen LogP) is 5.54. The summed E-state index contributed by atoms with van der Waals surface area (Å²) in [6.45, 7) is 15.2. The highest BCUT2D eigenvalue weighted by molar-refractivity contribution is 7.86. The summed E-state index contributed by atoms with van der Waals surface area (Å²) >= 11 is 0. The number of aryl methyl sites for hydroxylation is 1. The fourth-order valence-corrected chi connectivity index (χ4v) is 3.65. The van der Waals surface area contributed by atoms with Crippen LogP contribution in [0.1, 0.15) is 63.8 Å². The molecule has 2 aromatic rings. The largest absolute Gasteiger partial charge is 0.296 e. The van der Waals surface area contributed by atoms with Gasteiger partial charge in [0.05, 0.1) is 11.5 Å². The second kappa shape index (κ2) is 7.76. The fraction of sp³-hybridized carbons (Fsp3) is 0.478. The van der Waals surface area contributed by atoms with Crippen molar-refractivity contribution < 1.29 is 12.6 Å². The van der Waals surface area contributed by atoms with Crippen molar-refractivity contribution >= 4 is 10.1 Å². The Balaban J connectivity index is 2.18. The molecule has 0 unspecified atom stereocenters. The van der Waals surface area contributed by atoms with E-state index in [9.17, 15) is 8.42 Å². The van der Waals surface area contributed by atoms with Crippen LogP contribution in [0.2, 0.25) is 0 Å². The van der Waals surface area contributed by atoms with E-state index >= 15 is 0 Å². The normalized spacial score (nSPS) is 13.0. The van der Waals surface area contributed by atoms with Gasteiger partial charge < -0.3 is 0 Å². The zero-order valence-corrected chi connectivity index (χ0v) is 18.4. The minimum atomic E-state index is -3.72. The van der Waals surface area contributed by atoms with Crippen LogP contribution in [0.4, 0.5) is 0 Å². The van der Waals surface area contributed by atoms with Gasteiger partial charge in [-0.3, -0.25) is 4.18 Å². The first kappa shape index (κ1) is 21.6. The lowest BCUT2D eigenvalue weighted by atomic mass is 9.79. The average Bonchev–Trinajstić information content (AvgIpc) is 2.53. The Bertz CT molecular complexity index is 848. The molecule has 2 aromatic carbocycles. The molecule has 0 spiro atoms. The van der Waals surface area contributed by atoms with Gasteiger partial charge >= 0.3 is 0 Å². The average molecular weight is 389 g/mol. The molecule has 0 atom stereocenters. The highest BCUT2D eigenvalue weighted by Crippen LogP contribution is 2.30. The van der Waals surface area contributed by atoms with E-state index in [4.69, 9.17) is 4.18 Å². The van der Waals surface area contributed by atoms with E-state index in [0.29, 0.717) is 6.42 Å². The molecule has 0 aliphatic heterocycles. The van der Waals surface area contributed by atoms with E-state index in [0.717, 1.165) is 11.1 Å². The number of benzene rings is 2. The fourth-order valence-electron chi connectivity index (χ4n) is 2.74. The molecule has 27 heavy (non-hydrogen) atoms. The smallest absolute Gasteiger partial charge is 0.266 e.